The molecular formula is C24H21ClN2O2. The zero-order valence-corrected chi connectivity index (χ0v) is 16.7. The van der Waals surface area contributed by atoms with Crippen LogP contribution in [0.15, 0.2) is 73.3 Å². The van der Waals surface area contributed by atoms with E-state index in [1.807, 2.05) is 65.4 Å². The van der Waals surface area contributed by atoms with Gasteiger partial charge in [0.1, 0.15) is 5.75 Å². The molecule has 0 bridgehead atoms. The van der Waals surface area contributed by atoms with Crippen LogP contribution >= 0.6 is 11.6 Å². The summed E-state index contributed by atoms with van der Waals surface area (Å²) in [5.74, 6) is 0.899. The Bertz CT molecular complexity index is 1050. The summed E-state index contributed by atoms with van der Waals surface area (Å²) in [6, 6.07) is 13.6. The minimum Gasteiger partial charge on any atom is -0.494 e. The smallest absolute Gasteiger partial charge is 0.160 e. The lowest BCUT2D eigenvalue weighted by Gasteiger charge is -2.16. The number of halogens is 1. The molecule has 0 unspecified atom stereocenters. The summed E-state index contributed by atoms with van der Waals surface area (Å²) in [5.41, 5.74) is 4.02. The molecule has 4 nitrogen and oxygen atoms in total. The SMILES string of the molecule is O=C1C=C(C=Cc2ccc(Cl)cc2)c2ccc(OCCCn3ccnc3)cc2C1. The molecule has 3 aromatic rings. The second kappa shape index (κ2) is 8.93. The number of nitrogens with zero attached hydrogens (tertiary/aromatic N) is 2. The Balaban J connectivity index is 1.43. The van der Waals surface area contributed by atoms with Crippen molar-refractivity contribution in [2.24, 2.45) is 0 Å². The second-order valence-electron chi connectivity index (χ2n) is 6.95. The molecule has 0 N–H and O–H groups in total. The van der Waals surface area contributed by atoms with E-state index in [0.29, 0.717) is 18.1 Å². The quantitative estimate of drug-likeness (QED) is 0.506. The summed E-state index contributed by atoms with van der Waals surface area (Å²) in [7, 11) is 0. The maximum atomic E-state index is 12.2. The number of hydrogen-bond acceptors (Lipinski definition) is 3. The van der Waals surface area contributed by atoms with Crippen LogP contribution in [0.2, 0.25) is 5.02 Å². The van der Waals surface area contributed by atoms with E-state index in [9.17, 15) is 4.79 Å². The Morgan fingerprint density at radius 1 is 1.14 bits per heavy atom. The fraction of sp³-hybridized carbons (Fsp3) is 0.167. The highest BCUT2D eigenvalue weighted by atomic mass is 35.5. The van der Waals surface area contributed by atoms with Crippen LogP contribution in [0, 0.1) is 0 Å². The average Bonchev–Trinajstić information content (AvgIpc) is 3.24. The van der Waals surface area contributed by atoms with Crippen molar-refractivity contribution in [2.75, 3.05) is 6.61 Å². The first kappa shape index (κ1) is 19.2. The van der Waals surface area contributed by atoms with Crippen molar-refractivity contribution in [1.29, 1.82) is 0 Å². The van der Waals surface area contributed by atoms with Crippen molar-refractivity contribution in [3.05, 3.63) is 95.1 Å². The monoisotopic (exact) mass is 404 g/mol. The molecule has 1 heterocycles. The molecule has 0 aliphatic heterocycles. The molecule has 29 heavy (non-hydrogen) atoms. The van der Waals surface area contributed by atoms with Crippen LogP contribution in [0.4, 0.5) is 0 Å². The second-order valence-corrected chi connectivity index (χ2v) is 7.39. The Kier molecular flexibility index (Phi) is 5.92. The summed E-state index contributed by atoms with van der Waals surface area (Å²) in [4.78, 5) is 16.3. The lowest BCUT2D eigenvalue weighted by Crippen LogP contribution is -2.09. The van der Waals surface area contributed by atoms with Crippen molar-refractivity contribution < 1.29 is 9.53 Å². The third-order valence-electron chi connectivity index (χ3n) is 4.78. The van der Waals surface area contributed by atoms with Crippen LogP contribution in [-0.4, -0.2) is 21.9 Å². The van der Waals surface area contributed by atoms with Gasteiger partial charge in [-0.2, -0.15) is 0 Å². The lowest BCUT2D eigenvalue weighted by molar-refractivity contribution is -0.114. The van der Waals surface area contributed by atoms with Gasteiger partial charge in [0, 0.05) is 30.4 Å². The van der Waals surface area contributed by atoms with Gasteiger partial charge in [-0.3, -0.25) is 4.79 Å². The van der Waals surface area contributed by atoms with Crippen molar-refractivity contribution in [3.8, 4) is 5.75 Å². The predicted molar refractivity (Wildman–Crippen MR) is 116 cm³/mol. The topological polar surface area (TPSA) is 44.1 Å². The van der Waals surface area contributed by atoms with E-state index < -0.39 is 0 Å². The van der Waals surface area contributed by atoms with Gasteiger partial charge in [0.15, 0.2) is 5.78 Å². The number of carbonyl (C=O) groups excluding carboxylic acids is 1. The third kappa shape index (κ3) is 5.04. The number of aromatic nitrogens is 2. The molecule has 0 atom stereocenters. The Labute approximate surface area is 175 Å². The van der Waals surface area contributed by atoms with Gasteiger partial charge in [-0.1, -0.05) is 42.0 Å². The van der Waals surface area contributed by atoms with E-state index >= 15 is 0 Å². The molecule has 2 aromatic carbocycles. The molecule has 146 valence electrons. The van der Waals surface area contributed by atoms with E-state index in [1.54, 1.807) is 18.6 Å². The maximum absolute atomic E-state index is 12.2. The molecule has 0 radical (unpaired) electrons. The predicted octanol–water partition coefficient (Wildman–Crippen LogP) is 5.23. The first-order chi connectivity index (χ1) is 14.2. The van der Waals surface area contributed by atoms with Crippen LogP contribution in [0.3, 0.4) is 0 Å². The van der Waals surface area contributed by atoms with Crippen molar-refractivity contribution in [3.63, 3.8) is 0 Å². The highest BCUT2D eigenvalue weighted by Crippen LogP contribution is 2.30. The zero-order chi connectivity index (χ0) is 20.1. The molecule has 0 fully saturated rings. The van der Waals surface area contributed by atoms with E-state index in [0.717, 1.165) is 41.0 Å². The van der Waals surface area contributed by atoms with Crippen LogP contribution in [0.5, 0.6) is 5.75 Å². The van der Waals surface area contributed by atoms with Gasteiger partial charge in [0.05, 0.1) is 12.9 Å². The van der Waals surface area contributed by atoms with Crippen molar-refractivity contribution in [1.82, 2.24) is 9.55 Å². The molecular weight excluding hydrogens is 384 g/mol. The van der Waals surface area contributed by atoms with Gasteiger partial charge in [-0.05, 0) is 59.0 Å². The maximum Gasteiger partial charge on any atom is 0.160 e. The molecule has 0 spiro atoms. The third-order valence-corrected chi connectivity index (χ3v) is 5.03. The number of carbonyl (C=O) groups is 1. The zero-order valence-electron chi connectivity index (χ0n) is 15.9. The number of aryl methyl sites for hydroxylation is 1. The molecule has 1 aromatic heterocycles. The van der Waals surface area contributed by atoms with E-state index in [1.165, 1.54) is 0 Å². The summed E-state index contributed by atoms with van der Waals surface area (Å²) in [6.45, 7) is 1.48. The number of imidazole rings is 1. The summed E-state index contributed by atoms with van der Waals surface area (Å²) < 4.78 is 7.91. The molecule has 1 aliphatic carbocycles. The van der Waals surface area contributed by atoms with Gasteiger partial charge in [0.2, 0.25) is 0 Å². The molecule has 4 rings (SSSR count). The van der Waals surface area contributed by atoms with Crippen LogP contribution in [0.1, 0.15) is 23.1 Å². The largest absolute Gasteiger partial charge is 0.494 e. The van der Waals surface area contributed by atoms with Crippen molar-refractivity contribution >= 4 is 29.0 Å². The molecule has 1 aliphatic rings. The van der Waals surface area contributed by atoms with Crippen LogP contribution in [-0.2, 0) is 17.8 Å². The number of allylic oxidation sites excluding steroid dienone is 3. The number of ketones is 1. The van der Waals surface area contributed by atoms with Gasteiger partial charge >= 0.3 is 0 Å². The lowest BCUT2D eigenvalue weighted by atomic mass is 9.89. The first-order valence-corrected chi connectivity index (χ1v) is 9.95. The summed E-state index contributed by atoms with van der Waals surface area (Å²) in [6.07, 6.45) is 12.5. The Morgan fingerprint density at radius 2 is 2.00 bits per heavy atom. The molecule has 5 heteroatoms. The normalized spacial score (nSPS) is 13.4. The average molecular weight is 405 g/mol. The van der Waals surface area contributed by atoms with Gasteiger partial charge in [0.25, 0.3) is 0 Å². The van der Waals surface area contributed by atoms with Gasteiger partial charge in [-0.25, -0.2) is 4.98 Å². The highest BCUT2D eigenvalue weighted by Gasteiger charge is 2.16. The molecule has 0 saturated heterocycles. The fourth-order valence-electron chi connectivity index (χ4n) is 3.33. The number of rotatable bonds is 7. The van der Waals surface area contributed by atoms with E-state index in [-0.39, 0.29) is 5.78 Å². The Morgan fingerprint density at radius 3 is 2.79 bits per heavy atom. The number of hydrogen-bond donors (Lipinski definition) is 0. The Hall–Kier alpha value is -3.11. The minimum atomic E-state index is 0.102. The molecule has 0 amide bonds. The fourth-order valence-corrected chi connectivity index (χ4v) is 3.46. The van der Waals surface area contributed by atoms with E-state index in [4.69, 9.17) is 16.3 Å². The summed E-state index contributed by atoms with van der Waals surface area (Å²) >= 11 is 5.94. The number of fused-ring (bicyclic) bond motifs is 1. The van der Waals surface area contributed by atoms with Crippen LogP contribution < -0.4 is 4.74 Å². The number of ether oxygens (including phenoxy) is 1. The van der Waals surface area contributed by atoms with Crippen molar-refractivity contribution in [2.45, 2.75) is 19.4 Å². The number of benzene rings is 2. The van der Waals surface area contributed by atoms with Gasteiger partial charge in [-0.15, -0.1) is 0 Å². The van der Waals surface area contributed by atoms with Crippen LogP contribution in [0.25, 0.3) is 11.6 Å². The molecule has 0 saturated carbocycles. The standard InChI is InChI=1S/C24H21ClN2O2/c25-21-6-3-18(4-7-21)2-5-19-14-22(28)15-20-16-23(8-9-24(19)20)29-13-1-11-27-12-10-26-17-27/h2-10,12,14,16-17H,1,11,13,15H2. The summed E-state index contributed by atoms with van der Waals surface area (Å²) in [5, 5.41) is 0.706. The van der Waals surface area contributed by atoms with Gasteiger partial charge < -0.3 is 9.30 Å². The highest BCUT2D eigenvalue weighted by molar-refractivity contribution is 6.30. The minimum absolute atomic E-state index is 0.102. The van der Waals surface area contributed by atoms with E-state index in [2.05, 4.69) is 4.98 Å². The first-order valence-electron chi connectivity index (χ1n) is 9.57.